The van der Waals surface area contributed by atoms with E-state index in [1.807, 2.05) is 0 Å². The average Bonchev–Trinajstić information content (AvgIpc) is 2.41. The first-order valence-corrected chi connectivity index (χ1v) is 7.60. The van der Waals surface area contributed by atoms with Gasteiger partial charge in [-0.2, -0.15) is 0 Å². The summed E-state index contributed by atoms with van der Waals surface area (Å²) >= 11 is 0. The highest BCUT2D eigenvalue weighted by atomic mass is 16.5. The Bertz CT molecular complexity index is 330. The molecule has 0 radical (unpaired) electrons. The van der Waals surface area contributed by atoms with Gasteiger partial charge in [-0.15, -0.1) is 0 Å². The van der Waals surface area contributed by atoms with E-state index in [1.54, 1.807) is 0 Å². The first-order chi connectivity index (χ1) is 9.15. The van der Waals surface area contributed by atoms with E-state index in [1.165, 1.54) is 25.9 Å². The molecule has 0 aromatic heterocycles. The zero-order chi connectivity index (χ0) is 13.7. The quantitative estimate of drug-likeness (QED) is 0.772. The number of likely N-dealkylation sites (tertiary alicyclic amines) is 1. The van der Waals surface area contributed by atoms with Gasteiger partial charge >= 0.3 is 0 Å². The van der Waals surface area contributed by atoms with Crippen LogP contribution >= 0.6 is 0 Å². The molecule has 1 aliphatic heterocycles. The van der Waals surface area contributed by atoms with Gasteiger partial charge in [0.25, 0.3) is 0 Å². The lowest BCUT2D eigenvalue weighted by Crippen LogP contribution is -2.41. The molecular formula is C16H28N2O. The van der Waals surface area contributed by atoms with Crippen molar-refractivity contribution < 1.29 is 4.74 Å². The molecule has 1 saturated heterocycles. The largest absolute Gasteiger partial charge is 0.493 e. The number of ether oxygens (including phenoxy) is 1. The summed E-state index contributed by atoms with van der Waals surface area (Å²) in [7, 11) is 2.20. The Kier molecular flexibility index (Phi) is 5.46. The molecule has 1 fully saturated rings. The van der Waals surface area contributed by atoms with Crippen LogP contribution in [0.5, 0.6) is 0 Å². The molecule has 0 bridgehead atoms. The number of piperidine rings is 1. The van der Waals surface area contributed by atoms with Gasteiger partial charge < -0.3 is 15.0 Å². The van der Waals surface area contributed by atoms with E-state index >= 15 is 0 Å². The van der Waals surface area contributed by atoms with Crippen molar-refractivity contribution in [1.82, 2.24) is 10.2 Å². The van der Waals surface area contributed by atoms with Gasteiger partial charge in [-0.05, 0) is 57.0 Å². The highest BCUT2D eigenvalue weighted by molar-refractivity contribution is 5.19. The summed E-state index contributed by atoms with van der Waals surface area (Å²) in [6, 6.07) is 0.676. The van der Waals surface area contributed by atoms with E-state index < -0.39 is 0 Å². The standard InChI is InChI=1S/C16H28N2O/c1-13-4-5-16(12-14(13)2)19-11-8-17-15-6-9-18(3)10-7-15/h4-5,12-15,17H,6-11H2,1-3H3/t13-,14+/m0/s1. The van der Waals surface area contributed by atoms with Gasteiger partial charge in [0.2, 0.25) is 0 Å². The zero-order valence-electron chi connectivity index (χ0n) is 12.6. The molecule has 1 N–H and O–H groups in total. The number of hydrogen-bond acceptors (Lipinski definition) is 3. The maximum atomic E-state index is 5.82. The lowest BCUT2D eigenvalue weighted by atomic mass is 9.91. The number of hydrogen-bond donors (Lipinski definition) is 1. The molecule has 19 heavy (non-hydrogen) atoms. The zero-order valence-corrected chi connectivity index (χ0v) is 12.6. The third-order valence-electron chi connectivity index (χ3n) is 4.34. The first kappa shape index (κ1) is 14.6. The minimum atomic E-state index is 0.585. The van der Waals surface area contributed by atoms with Gasteiger partial charge in [-0.25, -0.2) is 0 Å². The predicted molar refractivity (Wildman–Crippen MR) is 80.0 cm³/mol. The smallest absolute Gasteiger partial charge is 0.115 e. The van der Waals surface area contributed by atoms with Gasteiger partial charge in [-0.3, -0.25) is 0 Å². The van der Waals surface area contributed by atoms with Gasteiger partial charge in [0.1, 0.15) is 12.4 Å². The van der Waals surface area contributed by atoms with Crippen LogP contribution in [0.15, 0.2) is 24.0 Å². The van der Waals surface area contributed by atoms with Crippen LogP contribution in [-0.2, 0) is 4.74 Å². The lowest BCUT2D eigenvalue weighted by Gasteiger charge is -2.29. The van der Waals surface area contributed by atoms with Crippen LogP contribution in [0.2, 0.25) is 0 Å². The van der Waals surface area contributed by atoms with Crippen molar-refractivity contribution in [3.8, 4) is 0 Å². The number of nitrogens with one attached hydrogen (secondary N) is 1. The molecule has 0 spiro atoms. The van der Waals surface area contributed by atoms with Crippen molar-refractivity contribution in [3.63, 3.8) is 0 Å². The molecule has 108 valence electrons. The summed E-state index contributed by atoms with van der Waals surface area (Å²) < 4.78 is 5.82. The molecule has 1 heterocycles. The van der Waals surface area contributed by atoms with Crippen molar-refractivity contribution >= 4 is 0 Å². The molecule has 2 rings (SSSR count). The van der Waals surface area contributed by atoms with E-state index in [0.29, 0.717) is 17.9 Å². The number of allylic oxidation sites excluding steroid dienone is 3. The summed E-state index contributed by atoms with van der Waals surface area (Å²) in [5.74, 6) is 2.25. The molecule has 0 saturated carbocycles. The summed E-state index contributed by atoms with van der Waals surface area (Å²) in [5, 5.41) is 3.60. The highest BCUT2D eigenvalue weighted by Crippen LogP contribution is 2.22. The topological polar surface area (TPSA) is 24.5 Å². The van der Waals surface area contributed by atoms with E-state index in [9.17, 15) is 0 Å². The van der Waals surface area contributed by atoms with Crippen LogP contribution in [0, 0.1) is 11.8 Å². The second-order valence-electron chi connectivity index (χ2n) is 6.03. The van der Waals surface area contributed by atoms with E-state index in [4.69, 9.17) is 4.74 Å². The minimum absolute atomic E-state index is 0.585. The van der Waals surface area contributed by atoms with Crippen LogP contribution in [0.25, 0.3) is 0 Å². The Morgan fingerprint density at radius 2 is 2.00 bits per heavy atom. The lowest BCUT2D eigenvalue weighted by molar-refractivity contribution is 0.195. The molecule has 0 unspecified atom stereocenters. The van der Waals surface area contributed by atoms with Crippen LogP contribution in [-0.4, -0.2) is 44.2 Å². The van der Waals surface area contributed by atoms with Crippen molar-refractivity contribution in [3.05, 3.63) is 24.0 Å². The van der Waals surface area contributed by atoms with Gasteiger partial charge in [0.05, 0.1) is 0 Å². The second-order valence-corrected chi connectivity index (χ2v) is 6.03. The fraction of sp³-hybridized carbons (Fsp3) is 0.750. The Morgan fingerprint density at radius 3 is 2.68 bits per heavy atom. The first-order valence-electron chi connectivity index (χ1n) is 7.60. The predicted octanol–water partition coefficient (Wildman–Crippen LogP) is 2.41. The molecule has 2 aliphatic rings. The van der Waals surface area contributed by atoms with Crippen LogP contribution < -0.4 is 5.32 Å². The molecule has 1 aliphatic carbocycles. The molecule has 3 heteroatoms. The molecule has 3 nitrogen and oxygen atoms in total. The fourth-order valence-corrected chi connectivity index (χ4v) is 2.63. The van der Waals surface area contributed by atoms with Crippen LogP contribution in [0.3, 0.4) is 0 Å². The third-order valence-corrected chi connectivity index (χ3v) is 4.34. The Balaban J connectivity index is 1.60. The Hall–Kier alpha value is -0.800. The fourth-order valence-electron chi connectivity index (χ4n) is 2.63. The average molecular weight is 264 g/mol. The molecular weight excluding hydrogens is 236 g/mol. The van der Waals surface area contributed by atoms with Crippen molar-refractivity contribution in [1.29, 1.82) is 0 Å². The highest BCUT2D eigenvalue weighted by Gasteiger charge is 2.16. The van der Waals surface area contributed by atoms with Crippen LogP contribution in [0.1, 0.15) is 26.7 Å². The summed E-state index contributed by atoms with van der Waals surface area (Å²) in [5.41, 5.74) is 0. The van der Waals surface area contributed by atoms with Crippen molar-refractivity contribution in [2.45, 2.75) is 32.7 Å². The molecule has 2 atom stereocenters. The maximum absolute atomic E-state index is 5.82. The normalized spacial score (nSPS) is 29.3. The monoisotopic (exact) mass is 264 g/mol. The minimum Gasteiger partial charge on any atom is -0.493 e. The van der Waals surface area contributed by atoms with E-state index in [0.717, 1.165) is 18.9 Å². The molecule has 0 amide bonds. The van der Waals surface area contributed by atoms with E-state index in [-0.39, 0.29) is 0 Å². The number of nitrogens with zero attached hydrogens (tertiary/aromatic N) is 1. The van der Waals surface area contributed by atoms with E-state index in [2.05, 4.69) is 49.3 Å². The summed E-state index contributed by atoms with van der Waals surface area (Å²) in [6.45, 7) is 8.63. The van der Waals surface area contributed by atoms with Gasteiger partial charge in [0, 0.05) is 12.6 Å². The van der Waals surface area contributed by atoms with Crippen LogP contribution in [0.4, 0.5) is 0 Å². The second kappa shape index (κ2) is 7.11. The van der Waals surface area contributed by atoms with Gasteiger partial charge in [-0.1, -0.05) is 19.9 Å². The summed E-state index contributed by atoms with van der Waals surface area (Å²) in [4.78, 5) is 2.40. The van der Waals surface area contributed by atoms with Gasteiger partial charge in [0.15, 0.2) is 0 Å². The third kappa shape index (κ3) is 4.66. The SMILES string of the molecule is C[C@@H]1C=C(OCCNC2CCN(C)CC2)C=C[C@@H]1C. The van der Waals surface area contributed by atoms with Crippen molar-refractivity contribution in [2.24, 2.45) is 11.8 Å². The molecule has 0 aromatic carbocycles. The Labute approximate surface area is 117 Å². The Morgan fingerprint density at radius 1 is 1.26 bits per heavy atom. The number of rotatable bonds is 5. The van der Waals surface area contributed by atoms with Crippen molar-refractivity contribution in [2.75, 3.05) is 33.3 Å². The molecule has 0 aromatic rings. The maximum Gasteiger partial charge on any atom is 0.115 e. The summed E-state index contributed by atoms with van der Waals surface area (Å²) in [6.07, 6.45) is 9.10.